The van der Waals surface area contributed by atoms with E-state index in [0.717, 1.165) is 12.8 Å². The number of nitrogen functional groups attached to an aromatic ring is 1. The molecule has 1 heterocycles. The zero-order valence-electron chi connectivity index (χ0n) is 11.3. The highest BCUT2D eigenvalue weighted by atomic mass is 16.5. The van der Waals surface area contributed by atoms with Gasteiger partial charge < -0.3 is 20.5 Å². The Labute approximate surface area is 113 Å². The molecule has 0 spiro atoms. The molecule has 0 aromatic heterocycles. The number of hydrogen-bond donors (Lipinski definition) is 2. The lowest BCUT2D eigenvalue weighted by atomic mass is 10.0. The zero-order chi connectivity index (χ0) is 13.8. The second-order valence-electron chi connectivity index (χ2n) is 4.80. The van der Waals surface area contributed by atoms with Gasteiger partial charge in [-0.15, -0.1) is 0 Å². The van der Waals surface area contributed by atoms with Crippen LogP contribution in [0.2, 0.25) is 0 Å². The molecule has 1 aliphatic heterocycles. The third-order valence-electron chi connectivity index (χ3n) is 3.31. The third kappa shape index (κ3) is 3.17. The molecule has 0 aliphatic carbocycles. The lowest BCUT2D eigenvalue weighted by Gasteiger charge is -2.28. The summed E-state index contributed by atoms with van der Waals surface area (Å²) in [5, 5.41) is 3.01. The van der Waals surface area contributed by atoms with E-state index >= 15 is 0 Å². The molecule has 5 heteroatoms. The lowest BCUT2D eigenvalue weighted by molar-refractivity contribution is 0.0136. The Morgan fingerprint density at radius 2 is 2.32 bits per heavy atom. The van der Waals surface area contributed by atoms with Crippen LogP contribution in [0.3, 0.4) is 0 Å². The van der Waals surface area contributed by atoms with Crippen LogP contribution < -0.4 is 15.8 Å². The topological polar surface area (TPSA) is 73.6 Å². The van der Waals surface area contributed by atoms with Crippen LogP contribution in [-0.4, -0.2) is 31.8 Å². The van der Waals surface area contributed by atoms with Crippen molar-refractivity contribution in [3.05, 3.63) is 23.8 Å². The van der Waals surface area contributed by atoms with Gasteiger partial charge in [0.2, 0.25) is 0 Å². The number of para-hydroxylation sites is 1. The van der Waals surface area contributed by atoms with Crippen molar-refractivity contribution in [3.8, 4) is 5.75 Å². The first-order chi connectivity index (χ1) is 9.11. The molecule has 2 unspecified atom stereocenters. The van der Waals surface area contributed by atoms with E-state index in [4.69, 9.17) is 15.2 Å². The molecule has 1 aromatic rings. The lowest BCUT2D eigenvalue weighted by Crippen LogP contribution is -2.41. The van der Waals surface area contributed by atoms with E-state index in [2.05, 4.69) is 5.32 Å². The summed E-state index contributed by atoms with van der Waals surface area (Å²) in [4.78, 5) is 12.3. The Bertz CT molecular complexity index is 462. The SMILES string of the molecule is COc1c(N)cccc1C(=O)NC1CCOC(C)C1. The molecule has 1 aromatic carbocycles. The minimum atomic E-state index is -0.150. The first kappa shape index (κ1) is 13.7. The number of benzene rings is 1. The molecule has 1 aliphatic rings. The molecular weight excluding hydrogens is 244 g/mol. The summed E-state index contributed by atoms with van der Waals surface area (Å²) in [6, 6.07) is 5.32. The first-order valence-corrected chi connectivity index (χ1v) is 6.46. The predicted molar refractivity (Wildman–Crippen MR) is 73.3 cm³/mol. The van der Waals surface area contributed by atoms with E-state index in [1.165, 1.54) is 7.11 Å². The number of hydrogen-bond acceptors (Lipinski definition) is 4. The van der Waals surface area contributed by atoms with Crippen LogP contribution in [0.1, 0.15) is 30.1 Å². The van der Waals surface area contributed by atoms with E-state index in [0.29, 0.717) is 23.6 Å². The number of nitrogens with one attached hydrogen (secondary N) is 1. The molecule has 1 saturated heterocycles. The van der Waals surface area contributed by atoms with Crippen LogP contribution in [0.4, 0.5) is 5.69 Å². The molecule has 2 rings (SSSR count). The predicted octanol–water partition coefficient (Wildman–Crippen LogP) is 1.57. The Hall–Kier alpha value is -1.75. The van der Waals surface area contributed by atoms with Gasteiger partial charge in [-0.2, -0.15) is 0 Å². The van der Waals surface area contributed by atoms with Crippen LogP contribution in [0.25, 0.3) is 0 Å². The summed E-state index contributed by atoms with van der Waals surface area (Å²) >= 11 is 0. The van der Waals surface area contributed by atoms with Crippen LogP contribution >= 0.6 is 0 Å². The summed E-state index contributed by atoms with van der Waals surface area (Å²) in [7, 11) is 1.51. The van der Waals surface area contributed by atoms with Crippen molar-refractivity contribution >= 4 is 11.6 Å². The number of amides is 1. The van der Waals surface area contributed by atoms with Crippen LogP contribution in [0, 0.1) is 0 Å². The van der Waals surface area contributed by atoms with Gasteiger partial charge in [-0.25, -0.2) is 0 Å². The van der Waals surface area contributed by atoms with E-state index in [1.54, 1.807) is 18.2 Å². The Kier molecular flexibility index (Phi) is 4.27. The van der Waals surface area contributed by atoms with Crippen molar-refractivity contribution in [2.45, 2.75) is 31.9 Å². The fourth-order valence-electron chi connectivity index (χ4n) is 2.35. The van der Waals surface area contributed by atoms with Crippen LogP contribution in [-0.2, 0) is 4.74 Å². The minimum absolute atomic E-state index is 0.141. The largest absolute Gasteiger partial charge is 0.494 e. The maximum Gasteiger partial charge on any atom is 0.255 e. The van der Waals surface area contributed by atoms with Gasteiger partial charge in [0.25, 0.3) is 5.91 Å². The number of ether oxygens (including phenoxy) is 2. The average molecular weight is 264 g/mol. The molecule has 0 bridgehead atoms. The zero-order valence-corrected chi connectivity index (χ0v) is 11.3. The summed E-state index contributed by atoms with van der Waals surface area (Å²) in [5.74, 6) is 0.281. The molecule has 5 nitrogen and oxygen atoms in total. The Morgan fingerprint density at radius 3 is 3.00 bits per heavy atom. The van der Waals surface area contributed by atoms with Gasteiger partial charge >= 0.3 is 0 Å². The van der Waals surface area contributed by atoms with E-state index in [9.17, 15) is 4.79 Å². The van der Waals surface area contributed by atoms with Gasteiger partial charge in [0.1, 0.15) is 0 Å². The number of nitrogens with two attached hydrogens (primary N) is 1. The molecule has 2 atom stereocenters. The van der Waals surface area contributed by atoms with Gasteiger partial charge in [-0.3, -0.25) is 4.79 Å². The summed E-state index contributed by atoms with van der Waals surface area (Å²) in [5.41, 5.74) is 6.74. The number of carbonyl (C=O) groups excluding carboxylic acids is 1. The smallest absolute Gasteiger partial charge is 0.255 e. The van der Waals surface area contributed by atoms with E-state index in [-0.39, 0.29) is 18.1 Å². The van der Waals surface area contributed by atoms with Crippen molar-refractivity contribution in [1.82, 2.24) is 5.32 Å². The molecule has 104 valence electrons. The molecule has 0 saturated carbocycles. The molecule has 19 heavy (non-hydrogen) atoms. The van der Waals surface area contributed by atoms with Crippen molar-refractivity contribution in [1.29, 1.82) is 0 Å². The molecule has 1 amide bonds. The van der Waals surface area contributed by atoms with Crippen LogP contribution in [0.5, 0.6) is 5.75 Å². The fourth-order valence-corrected chi connectivity index (χ4v) is 2.35. The number of methoxy groups -OCH3 is 1. The van der Waals surface area contributed by atoms with Crippen molar-refractivity contribution in [2.24, 2.45) is 0 Å². The maximum absolute atomic E-state index is 12.3. The third-order valence-corrected chi connectivity index (χ3v) is 3.31. The molecule has 0 radical (unpaired) electrons. The quantitative estimate of drug-likeness (QED) is 0.813. The van der Waals surface area contributed by atoms with E-state index < -0.39 is 0 Å². The van der Waals surface area contributed by atoms with Gasteiger partial charge in [-0.1, -0.05) is 6.07 Å². The maximum atomic E-state index is 12.3. The summed E-state index contributed by atoms with van der Waals surface area (Å²) < 4.78 is 10.7. The van der Waals surface area contributed by atoms with Gasteiger partial charge in [0.15, 0.2) is 5.75 Å². The van der Waals surface area contributed by atoms with Crippen molar-refractivity contribution in [3.63, 3.8) is 0 Å². The highest BCUT2D eigenvalue weighted by Gasteiger charge is 2.23. The van der Waals surface area contributed by atoms with Gasteiger partial charge in [0, 0.05) is 12.6 Å². The monoisotopic (exact) mass is 264 g/mol. The normalized spacial score (nSPS) is 22.8. The molecular formula is C14H20N2O3. The van der Waals surface area contributed by atoms with Gasteiger partial charge in [-0.05, 0) is 31.9 Å². The Balaban J connectivity index is 2.09. The standard InChI is InChI=1S/C14H20N2O3/c1-9-8-10(6-7-19-9)16-14(17)11-4-3-5-12(15)13(11)18-2/h3-5,9-10H,6-8,15H2,1-2H3,(H,16,17). The molecule has 3 N–H and O–H groups in total. The second-order valence-corrected chi connectivity index (χ2v) is 4.80. The van der Waals surface area contributed by atoms with E-state index in [1.807, 2.05) is 6.92 Å². The second kappa shape index (κ2) is 5.93. The molecule has 1 fully saturated rings. The fraction of sp³-hybridized carbons (Fsp3) is 0.500. The van der Waals surface area contributed by atoms with Gasteiger partial charge in [0.05, 0.1) is 24.5 Å². The van der Waals surface area contributed by atoms with Crippen molar-refractivity contribution in [2.75, 3.05) is 19.5 Å². The minimum Gasteiger partial charge on any atom is -0.494 e. The first-order valence-electron chi connectivity index (χ1n) is 6.46. The number of anilines is 1. The summed E-state index contributed by atoms with van der Waals surface area (Å²) in [6.45, 7) is 2.69. The number of carbonyl (C=O) groups is 1. The highest BCUT2D eigenvalue weighted by Crippen LogP contribution is 2.26. The van der Waals surface area contributed by atoms with Crippen molar-refractivity contribution < 1.29 is 14.3 Å². The number of rotatable bonds is 3. The Morgan fingerprint density at radius 1 is 1.53 bits per heavy atom. The highest BCUT2D eigenvalue weighted by molar-refractivity contribution is 5.98. The summed E-state index contributed by atoms with van der Waals surface area (Å²) in [6.07, 6.45) is 1.85. The average Bonchev–Trinajstić information content (AvgIpc) is 2.38. The van der Waals surface area contributed by atoms with Crippen LogP contribution in [0.15, 0.2) is 18.2 Å².